The summed E-state index contributed by atoms with van der Waals surface area (Å²) < 4.78 is 28.2. The monoisotopic (exact) mass is 376 g/mol. The molecule has 0 fully saturated rings. The number of nitrogen functional groups attached to an aromatic ring is 1. The maximum Gasteiger partial charge on any atom is 0.243 e. The number of hydrogen-bond donors (Lipinski definition) is 1. The second-order valence-corrected chi connectivity index (χ2v) is 8.37. The predicted molar refractivity (Wildman–Crippen MR) is 91.7 cm³/mol. The van der Waals surface area contributed by atoms with E-state index in [-0.39, 0.29) is 16.9 Å². The molecule has 0 aliphatic carbocycles. The molecule has 2 N–H and O–H groups in total. The highest BCUT2D eigenvalue weighted by atomic mass is 79.9. The molecule has 1 aromatic rings. The molecule has 4 nitrogen and oxygen atoms in total. The number of halogens is 1. The van der Waals surface area contributed by atoms with Crippen molar-refractivity contribution >= 4 is 31.6 Å². The lowest BCUT2D eigenvalue weighted by molar-refractivity contribution is 0.277. The van der Waals surface area contributed by atoms with Gasteiger partial charge in [0, 0.05) is 22.7 Å². The van der Waals surface area contributed by atoms with Gasteiger partial charge in [-0.3, -0.25) is 0 Å². The topological polar surface area (TPSA) is 63.4 Å². The molecule has 0 radical (unpaired) electrons. The Bertz CT molecular complexity index is 569. The van der Waals surface area contributed by atoms with Gasteiger partial charge in [0.05, 0.1) is 4.90 Å². The Hall–Kier alpha value is -0.590. The molecule has 1 rings (SSSR count). The van der Waals surface area contributed by atoms with Crippen molar-refractivity contribution in [1.82, 2.24) is 4.31 Å². The maximum atomic E-state index is 13.0. The fourth-order valence-electron chi connectivity index (χ4n) is 2.30. The summed E-state index contributed by atoms with van der Waals surface area (Å²) >= 11 is 3.30. The van der Waals surface area contributed by atoms with Crippen LogP contribution in [0.15, 0.2) is 27.6 Å². The zero-order valence-electron chi connectivity index (χ0n) is 13.1. The number of hydrogen-bond acceptors (Lipinski definition) is 3. The highest BCUT2D eigenvalue weighted by molar-refractivity contribution is 9.10. The van der Waals surface area contributed by atoms with Crippen LogP contribution in [-0.2, 0) is 10.0 Å². The van der Waals surface area contributed by atoms with E-state index in [0.717, 1.165) is 12.8 Å². The van der Waals surface area contributed by atoms with E-state index < -0.39 is 10.0 Å². The SMILES string of the molecule is CCC(CC)N(CC(C)C)S(=O)(=O)c1ccc(N)c(Br)c1. The molecular formula is C15H25BrN2O2S. The first-order valence-corrected chi connectivity index (χ1v) is 9.54. The number of sulfonamides is 1. The summed E-state index contributed by atoms with van der Waals surface area (Å²) in [7, 11) is -3.51. The fourth-order valence-corrected chi connectivity index (χ4v) is 4.80. The van der Waals surface area contributed by atoms with Crippen LogP contribution in [0.4, 0.5) is 5.69 Å². The Labute approximate surface area is 136 Å². The molecule has 0 saturated carbocycles. The number of anilines is 1. The van der Waals surface area contributed by atoms with E-state index in [1.807, 2.05) is 27.7 Å². The number of benzene rings is 1. The third-order valence-corrected chi connectivity index (χ3v) is 6.07. The van der Waals surface area contributed by atoms with E-state index >= 15 is 0 Å². The molecule has 1 aromatic carbocycles. The summed E-state index contributed by atoms with van der Waals surface area (Å²) in [5.74, 6) is 0.276. The average molecular weight is 377 g/mol. The molecule has 0 bridgehead atoms. The van der Waals surface area contributed by atoms with Crippen molar-refractivity contribution in [3.63, 3.8) is 0 Å². The lowest BCUT2D eigenvalue weighted by atomic mass is 10.1. The predicted octanol–water partition coefficient (Wildman–Crippen LogP) is 3.87. The Morgan fingerprint density at radius 2 is 1.81 bits per heavy atom. The number of nitrogens with zero attached hydrogens (tertiary/aromatic N) is 1. The van der Waals surface area contributed by atoms with Gasteiger partial charge in [0.2, 0.25) is 10.0 Å². The quantitative estimate of drug-likeness (QED) is 0.734. The van der Waals surface area contributed by atoms with E-state index in [1.165, 1.54) is 0 Å². The van der Waals surface area contributed by atoms with Crippen molar-refractivity contribution in [2.45, 2.75) is 51.5 Å². The molecule has 0 spiro atoms. The largest absolute Gasteiger partial charge is 0.398 e. The van der Waals surface area contributed by atoms with Crippen molar-refractivity contribution in [2.75, 3.05) is 12.3 Å². The maximum absolute atomic E-state index is 13.0. The minimum absolute atomic E-state index is 0.0220. The third-order valence-electron chi connectivity index (χ3n) is 3.47. The molecule has 6 heteroatoms. The van der Waals surface area contributed by atoms with Crippen LogP contribution in [0.25, 0.3) is 0 Å². The highest BCUT2D eigenvalue weighted by Crippen LogP contribution is 2.27. The number of nitrogens with two attached hydrogens (primary N) is 1. The molecule has 0 aromatic heterocycles. The molecule has 0 amide bonds. The van der Waals surface area contributed by atoms with Crippen molar-refractivity contribution in [1.29, 1.82) is 0 Å². The second kappa shape index (κ2) is 7.61. The molecule has 0 unspecified atom stereocenters. The lowest BCUT2D eigenvalue weighted by Crippen LogP contribution is -2.41. The average Bonchev–Trinajstić information content (AvgIpc) is 2.41. The van der Waals surface area contributed by atoms with Crippen molar-refractivity contribution in [3.05, 3.63) is 22.7 Å². The van der Waals surface area contributed by atoms with E-state index in [9.17, 15) is 8.42 Å². The van der Waals surface area contributed by atoms with Crippen LogP contribution in [-0.4, -0.2) is 25.3 Å². The Balaban J connectivity index is 3.28. The van der Waals surface area contributed by atoms with E-state index in [2.05, 4.69) is 15.9 Å². The van der Waals surface area contributed by atoms with Gasteiger partial charge in [-0.05, 0) is 52.9 Å². The van der Waals surface area contributed by atoms with Crippen LogP contribution < -0.4 is 5.73 Å². The second-order valence-electron chi connectivity index (χ2n) is 5.62. The van der Waals surface area contributed by atoms with Gasteiger partial charge in [0.15, 0.2) is 0 Å². The summed E-state index contributed by atoms with van der Waals surface area (Å²) in [6, 6.07) is 4.80. The number of rotatable bonds is 7. The summed E-state index contributed by atoms with van der Waals surface area (Å²) in [6.07, 6.45) is 1.61. The Kier molecular flexibility index (Phi) is 6.69. The van der Waals surface area contributed by atoms with Crippen molar-refractivity contribution in [3.8, 4) is 0 Å². The molecular weight excluding hydrogens is 352 g/mol. The lowest BCUT2D eigenvalue weighted by Gasteiger charge is -2.31. The fraction of sp³-hybridized carbons (Fsp3) is 0.600. The van der Waals surface area contributed by atoms with Crippen molar-refractivity contribution in [2.24, 2.45) is 5.92 Å². The summed E-state index contributed by atoms with van der Waals surface area (Å²) in [5, 5.41) is 0. The molecule has 120 valence electrons. The molecule has 0 aliphatic rings. The normalized spacial score (nSPS) is 12.6. The minimum atomic E-state index is -3.51. The van der Waals surface area contributed by atoms with Gasteiger partial charge >= 0.3 is 0 Å². The first-order valence-electron chi connectivity index (χ1n) is 7.30. The Morgan fingerprint density at radius 3 is 2.24 bits per heavy atom. The molecule has 21 heavy (non-hydrogen) atoms. The standard InChI is InChI=1S/C15H25BrN2O2S/c1-5-12(6-2)18(10-11(3)4)21(19,20)13-7-8-15(17)14(16)9-13/h7-9,11-12H,5-6,10,17H2,1-4H3. The zero-order valence-corrected chi connectivity index (χ0v) is 15.5. The van der Waals surface area contributed by atoms with Crippen LogP contribution in [0.3, 0.4) is 0 Å². The molecule has 0 atom stereocenters. The summed E-state index contributed by atoms with van der Waals surface area (Å²) in [6.45, 7) is 8.64. The minimum Gasteiger partial charge on any atom is -0.398 e. The van der Waals surface area contributed by atoms with E-state index in [1.54, 1.807) is 22.5 Å². The summed E-state index contributed by atoms with van der Waals surface area (Å²) in [5.41, 5.74) is 6.28. The third kappa shape index (κ3) is 4.44. The van der Waals surface area contributed by atoms with Crippen molar-refractivity contribution < 1.29 is 8.42 Å². The van der Waals surface area contributed by atoms with Crippen LogP contribution in [0.1, 0.15) is 40.5 Å². The summed E-state index contributed by atoms with van der Waals surface area (Å²) in [4.78, 5) is 0.288. The molecule has 0 heterocycles. The van der Waals surface area contributed by atoms with Gasteiger partial charge in [-0.15, -0.1) is 0 Å². The highest BCUT2D eigenvalue weighted by Gasteiger charge is 2.30. The van der Waals surface area contributed by atoms with E-state index in [0.29, 0.717) is 16.7 Å². The molecule has 0 aliphatic heterocycles. The van der Waals surface area contributed by atoms with Gasteiger partial charge < -0.3 is 5.73 Å². The van der Waals surface area contributed by atoms with Crippen LogP contribution in [0.5, 0.6) is 0 Å². The van der Waals surface area contributed by atoms with Crippen LogP contribution in [0, 0.1) is 5.92 Å². The Morgan fingerprint density at radius 1 is 1.24 bits per heavy atom. The first-order chi connectivity index (χ1) is 9.73. The van der Waals surface area contributed by atoms with Gasteiger partial charge in [-0.25, -0.2) is 8.42 Å². The van der Waals surface area contributed by atoms with Gasteiger partial charge in [0.1, 0.15) is 0 Å². The smallest absolute Gasteiger partial charge is 0.243 e. The zero-order chi connectivity index (χ0) is 16.2. The van der Waals surface area contributed by atoms with Gasteiger partial charge in [-0.1, -0.05) is 27.7 Å². The van der Waals surface area contributed by atoms with Gasteiger partial charge in [-0.2, -0.15) is 4.31 Å². The first kappa shape index (κ1) is 18.5. The molecule has 0 saturated heterocycles. The van der Waals surface area contributed by atoms with Gasteiger partial charge in [0.25, 0.3) is 0 Å². The van der Waals surface area contributed by atoms with Crippen LogP contribution in [0.2, 0.25) is 0 Å². The van der Waals surface area contributed by atoms with Crippen LogP contribution >= 0.6 is 15.9 Å². The van der Waals surface area contributed by atoms with E-state index in [4.69, 9.17) is 5.73 Å².